The van der Waals surface area contributed by atoms with Crippen molar-refractivity contribution >= 4 is 16.8 Å². The summed E-state index contributed by atoms with van der Waals surface area (Å²) in [6.07, 6.45) is 1.33. The van der Waals surface area contributed by atoms with Crippen molar-refractivity contribution in [3.8, 4) is 11.8 Å². The zero-order valence-corrected chi connectivity index (χ0v) is 15.1. The Morgan fingerprint density at radius 3 is 2.93 bits per heavy atom. The van der Waals surface area contributed by atoms with Crippen molar-refractivity contribution in [3.05, 3.63) is 69.3 Å². The largest absolute Gasteiger partial charge is 0.508 e. The summed E-state index contributed by atoms with van der Waals surface area (Å²) in [7, 11) is 0. The molecule has 1 aliphatic rings. The second-order valence-electron chi connectivity index (χ2n) is 6.87. The first-order valence-electron chi connectivity index (χ1n) is 9.05. The summed E-state index contributed by atoms with van der Waals surface area (Å²) < 4.78 is 0. The van der Waals surface area contributed by atoms with Crippen LogP contribution in [0.5, 0.6) is 5.75 Å². The summed E-state index contributed by atoms with van der Waals surface area (Å²) in [5, 5.41) is 18.9. The van der Waals surface area contributed by atoms with Gasteiger partial charge in [-0.1, -0.05) is 6.07 Å². The van der Waals surface area contributed by atoms with E-state index in [1.807, 2.05) is 12.1 Å². The maximum atomic E-state index is 12.6. The van der Waals surface area contributed by atoms with Gasteiger partial charge in [-0.05, 0) is 47.9 Å². The summed E-state index contributed by atoms with van der Waals surface area (Å²) >= 11 is 0. The number of hydrogen-bond donors (Lipinski definition) is 2. The Bertz CT molecular complexity index is 1180. The first-order valence-corrected chi connectivity index (χ1v) is 9.05. The Kier molecular flexibility index (Phi) is 4.53. The number of nitrogens with zero attached hydrogens (tertiary/aromatic N) is 3. The number of hydrogen-bond acceptors (Lipinski definition) is 5. The minimum atomic E-state index is -0.334. The third-order valence-corrected chi connectivity index (χ3v) is 5.01. The number of aromatic hydroxyl groups is 1. The maximum Gasteiger partial charge on any atom is 0.258 e. The Morgan fingerprint density at radius 2 is 2.11 bits per heavy atom. The molecular weight excluding hydrogens is 356 g/mol. The highest BCUT2D eigenvalue weighted by Crippen LogP contribution is 2.21. The van der Waals surface area contributed by atoms with Crippen molar-refractivity contribution in [2.45, 2.75) is 25.8 Å². The third-order valence-electron chi connectivity index (χ3n) is 5.01. The topological polar surface area (TPSA) is 110 Å². The predicted molar refractivity (Wildman–Crippen MR) is 103 cm³/mol. The van der Waals surface area contributed by atoms with E-state index in [0.717, 1.165) is 12.0 Å². The van der Waals surface area contributed by atoms with Gasteiger partial charge in [-0.2, -0.15) is 5.26 Å². The van der Waals surface area contributed by atoms with Gasteiger partial charge in [0.25, 0.3) is 5.56 Å². The number of benzene rings is 2. The highest BCUT2D eigenvalue weighted by molar-refractivity contribution is 5.79. The van der Waals surface area contributed by atoms with Crippen LogP contribution in [0.4, 0.5) is 0 Å². The molecule has 2 N–H and O–H groups in total. The number of aromatic nitrogens is 2. The van der Waals surface area contributed by atoms with Crippen molar-refractivity contribution < 1.29 is 9.90 Å². The summed E-state index contributed by atoms with van der Waals surface area (Å²) in [5.41, 5.74) is 2.93. The number of fused-ring (bicyclic) bond motifs is 2. The predicted octanol–water partition coefficient (Wildman–Crippen LogP) is 2.02. The van der Waals surface area contributed by atoms with Gasteiger partial charge in [-0.15, -0.1) is 0 Å². The minimum absolute atomic E-state index is 0.00710. The third kappa shape index (κ3) is 3.45. The monoisotopic (exact) mass is 374 g/mol. The summed E-state index contributed by atoms with van der Waals surface area (Å²) in [6.45, 7) is 1.13. The molecule has 2 heterocycles. The van der Waals surface area contributed by atoms with Gasteiger partial charge in [-0.3, -0.25) is 9.59 Å². The lowest BCUT2D eigenvalue weighted by Gasteiger charge is -2.29. The lowest BCUT2D eigenvalue weighted by Crippen LogP contribution is -2.36. The molecule has 7 heteroatoms. The molecule has 4 rings (SSSR count). The molecule has 7 nitrogen and oxygen atoms in total. The van der Waals surface area contributed by atoms with E-state index in [1.54, 1.807) is 17.0 Å². The zero-order valence-electron chi connectivity index (χ0n) is 15.1. The van der Waals surface area contributed by atoms with Gasteiger partial charge in [0.1, 0.15) is 11.6 Å². The summed E-state index contributed by atoms with van der Waals surface area (Å²) in [5.74, 6) is 0.440. The van der Waals surface area contributed by atoms with Crippen LogP contribution in [0.15, 0.2) is 41.2 Å². The highest BCUT2D eigenvalue weighted by Gasteiger charge is 2.21. The first-order chi connectivity index (χ1) is 13.5. The molecule has 0 saturated heterocycles. The second-order valence-corrected chi connectivity index (χ2v) is 6.87. The molecule has 0 spiro atoms. The van der Waals surface area contributed by atoms with Gasteiger partial charge in [0, 0.05) is 25.9 Å². The van der Waals surface area contributed by atoms with E-state index in [2.05, 4.69) is 16.0 Å². The normalized spacial score (nSPS) is 13.2. The van der Waals surface area contributed by atoms with Crippen LogP contribution in [0, 0.1) is 11.3 Å². The van der Waals surface area contributed by atoms with Crippen molar-refractivity contribution in [2.75, 3.05) is 6.54 Å². The standard InChI is InChI=1S/C21H18N4O3/c22-11-13-1-2-14-7-8-25(12-15(14)9-13)20(27)6-5-19-23-18-4-3-16(26)10-17(18)21(28)24-19/h1-4,9-10,26H,5-8,12H2,(H,23,24,28). The van der Waals surface area contributed by atoms with E-state index in [4.69, 9.17) is 5.26 Å². The van der Waals surface area contributed by atoms with E-state index in [0.29, 0.717) is 41.8 Å². The number of aryl methyl sites for hydroxylation is 1. The molecule has 1 amide bonds. The minimum Gasteiger partial charge on any atom is -0.508 e. The molecule has 0 unspecified atom stereocenters. The number of nitrogens with one attached hydrogen (secondary N) is 1. The molecule has 0 fully saturated rings. The van der Waals surface area contributed by atoms with Gasteiger partial charge in [0.15, 0.2) is 0 Å². The molecule has 0 radical (unpaired) electrons. The van der Waals surface area contributed by atoms with Crippen LogP contribution < -0.4 is 5.56 Å². The molecule has 0 saturated carbocycles. The Morgan fingerprint density at radius 1 is 1.25 bits per heavy atom. The fourth-order valence-electron chi connectivity index (χ4n) is 3.52. The van der Waals surface area contributed by atoms with E-state index in [-0.39, 0.29) is 23.6 Å². The number of amides is 1. The number of carbonyl (C=O) groups excluding carboxylic acids is 1. The molecule has 0 aliphatic carbocycles. The molecule has 0 bridgehead atoms. The van der Waals surface area contributed by atoms with Crippen LogP contribution in [-0.4, -0.2) is 32.4 Å². The maximum absolute atomic E-state index is 12.6. The van der Waals surface area contributed by atoms with Crippen LogP contribution in [0.2, 0.25) is 0 Å². The average Bonchev–Trinajstić information content (AvgIpc) is 2.71. The number of aromatic amines is 1. The lowest BCUT2D eigenvalue weighted by atomic mass is 9.97. The molecule has 3 aromatic rings. The van der Waals surface area contributed by atoms with Crippen LogP contribution in [0.3, 0.4) is 0 Å². The van der Waals surface area contributed by atoms with E-state index < -0.39 is 0 Å². The fraction of sp³-hybridized carbons (Fsp3) is 0.238. The molecule has 28 heavy (non-hydrogen) atoms. The first kappa shape index (κ1) is 17.7. The highest BCUT2D eigenvalue weighted by atomic mass is 16.3. The van der Waals surface area contributed by atoms with E-state index in [9.17, 15) is 14.7 Å². The summed E-state index contributed by atoms with van der Waals surface area (Å²) in [6, 6.07) is 12.2. The summed E-state index contributed by atoms with van der Waals surface area (Å²) in [4.78, 5) is 33.6. The molecule has 140 valence electrons. The molecule has 1 aliphatic heterocycles. The van der Waals surface area contributed by atoms with Gasteiger partial charge >= 0.3 is 0 Å². The number of H-pyrrole nitrogens is 1. The van der Waals surface area contributed by atoms with Crippen LogP contribution in [0.1, 0.15) is 28.9 Å². The second kappa shape index (κ2) is 7.16. The zero-order chi connectivity index (χ0) is 19.7. The fourth-order valence-corrected chi connectivity index (χ4v) is 3.52. The van der Waals surface area contributed by atoms with Crippen molar-refractivity contribution in [3.63, 3.8) is 0 Å². The molecule has 2 aromatic carbocycles. The van der Waals surface area contributed by atoms with Crippen LogP contribution in [0.25, 0.3) is 10.9 Å². The van der Waals surface area contributed by atoms with Gasteiger partial charge in [-0.25, -0.2) is 4.98 Å². The Hall–Kier alpha value is -3.66. The Labute approximate surface area is 160 Å². The number of rotatable bonds is 3. The van der Waals surface area contributed by atoms with Crippen LogP contribution >= 0.6 is 0 Å². The lowest BCUT2D eigenvalue weighted by molar-refractivity contribution is -0.132. The smallest absolute Gasteiger partial charge is 0.258 e. The Balaban J connectivity index is 1.46. The van der Waals surface area contributed by atoms with Crippen molar-refractivity contribution in [2.24, 2.45) is 0 Å². The van der Waals surface area contributed by atoms with Crippen molar-refractivity contribution in [1.29, 1.82) is 5.26 Å². The van der Waals surface area contributed by atoms with Gasteiger partial charge in [0.2, 0.25) is 5.91 Å². The van der Waals surface area contributed by atoms with E-state index >= 15 is 0 Å². The number of phenols is 1. The average molecular weight is 374 g/mol. The van der Waals surface area contributed by atoms with Gasteiger partial charge in [0.05, 0.1) is 22.5 Å². The van der Waals surface area contributed by atoms with Gasteiger partial charge < -0.3 is 15.0 Å². The number of nitriles is 1. The molecule has 1 aromatic heterocycles. The number of carbonyl (C=O) groups is 1. The SMILES string of the molecule is N#Cc1ccc2c(c1)CN(C(=O)CCc1nc3ccc(O)cc3c(=O)[nH]1)CC2. The van der Waals surface area contributed by atoms with Crippen molar-refractivity contribution in [1.82, 2.24) is 14.9 Å². The van der Waals surface area contributed by atoms with Crippen LogP contribution in [-0.2, 0) is 24.2 Å². The quantitative estimate of drug-likeness (QED) is 0.729. The molecular formula is C21H18N4O3. The number of phenolic OH excluding ortho intramolecular Hbond substituents is 1. The van der Waals surface area contributed by atoms with E-state index in [1.165, 1.54) is 17.7 Å². The molecule has 0 atom stereocenters.